The van der Waals surface area contributed by atoms with E-state index >= 15 is 0 Å². The van der Waals surface area contributed by atoms with Gasteiger partial charge in [-0.2, -0.15) is 0 Å². The lowest BCUT2D eigenvalue weighted by molar-refractivity contribution is -0.127. The summed E-state index contributed by atoms with van der Waals surface area (Å²) in [6, 6.07) is 5.76. The Labute approximate surface area is 173 Å². The quantitative estimate of drug-likeness (QED) is 0.752. The van der Waals surface area contributed by atoms with Gasteiger partial charge < -0.3 is 10.1 Å². The number of hydrogen-bond donors (Lipinski definition) is 1. The number of carbonyl (C=O) groups excluding carboxylic acids is 1. The molecule has 1 aromatic carbocycles. The first kappa shape index (κ1) is 22.6. The lowest BCUT2D eigenvalue weighted by Gasteiger charge is -2.50. The number of ether oxygens (including phenoxy) is 1. The third-order valence-corrected chi connectivity index (χ3v) is 6.44. The first-order valence-corrected chi connectivity index (χ1v) is 10.7. The second kappa shape index (κ2) is 10.8. The highest BCUT2D eigenvalue weighted by molar-refractivity contribution is 6.42. The summed E-state index contributed by atoms with van der Waals surface area (Å²) in [5.74, 6) is 0.310. The molecule has 3 rings (SSSR count). The van der Waals surface area contributed by atoms with E-state index in [1.54, 1.807) is 0 Å². The number of nitrogens with zero attached hydrogens (tertiary/aromatic N) is 1. The van der Waals surface area contributed by atoms with E-state index in [0.717, 1.165) is 57.7 Å². The molecule has 1 aliphatic heterocycles. The molecule has 1 saturated carbocycles. The van der Waals surface area contributed by atoms with Crippen molar-refractivity contribution in [2.24, 2.45) is 0 Å². The number of ketones is 1. The third-order valence-electron chi connectivity index (χ3n) is 5.70. The second-order valence-electron chi connectivity index (χ2n) is 7.30. The van der Waals surface area contributed by atoms with Gasteiger partial charge in [0.2, 0.25) is 0 Å². The van der Waals surface area contributed by atoms with E-state index in [4.69, 9.17) is 27.9 Å². The molecule has 1 atom stereocenters. The second-order valence-corrected chi connectivity index (χ2v) is 8.11. The van der Waals surface area contributed by atoms with Crippen molar-refractivity contribution in [2.75, 3.05) is 39.9 Å². The maximum atomic E-state index is 12.6. The Balaban J connectivity index is 0.000000369. The van der Waals surface area contributed by atoms with Gasteiger partial charge in [-0.1, -0.05) is 49.5 Å². The van der Waals surface area contributed by atoms with Crippen molar-refractivity contribution >= 4 is 29.0 Å². The van der Waals surface area contributed by atoms with Crippen LogP contribution < -0.4 is 5.32 Å². The molecule has 27 heavy (non-hydrogen) atoms. The van der Waals surface area contributed by atoms with Gasteiger partial charge in [0.25, 0.3) is 0 Å². The van der Waals surface area contributed by atoms with Gasteiger partial charge in [0.1, 0.15) is 0 Å². The molecule has 0 amide bonds. The van der Waals surface area contributed by atoms with Crippen molar-refractivity contribution in [3.63, 3.8) is 0 Å². The number of rotatable bonds is 6. The van der Waals surface area contributed by atoms with E-state index < -0.39 is 0 Å². The number of Topliss-reactive ketones (excluding diaryl/α,β-unsaturated/α-hetero) is 1. The van der Waals surface area contributed by atoms with Crippen LogP contribution in [0.4, 0.5) is 0 Å². The summed E-state index contributed by atoms with van der Waals surface area (Å²) >= 11 is 12.2. The zero-order valence-corrected chi connectivity index (χ0v) is 18.2. The van der Waals surface area contributed by atoms with Crippen LogP contribution in [0.3, 0.4) is 0 Å². The Bertz CT molecular complexity index is 605. The first-order chi connectivity index (χ1) is 13.0. The number of likely N-dealkylation sites (N-methyl/N-ethyl adjacent to an activating group) is 1. The van der Waals surface area contributed by atoms with Crippen LogP contribution in [-0.4, -0.2) is 56.6 Å². The normalized spacial score (nSPS) is 19.6. The fraction of sp³-hybridized carbons (Fsp3) is 0.667. The van der Waals surface area contributed by atoms with Gasteiger partial charge in [0.15, 0.2) is 5.78 Å². The fourth-order valence-corrected chi connectivity index (χ4v) is 4.25. The SMILES string of the molecule is C1COCCN1.CCC(=O)C(N(C)CC)C1(c2ccc(Cl)c(Cl)c2)CCC1. The zero-order chi connectivity index (χ0) is 19.9. The van der Waals surface area contributed by atoms with Gasteiger partial charge in [-0.25, -0.2) is 0 Å². The average molecular weight is 415 g/mol. The van der Waals surface area contributed by atoms with E-state index in [9.17, 15) is 4.79 Å². The molecule has 2 aliphatic rings. The van der Waals surface area contributed by atoms with Crippen LogP contribution in [0.5, 0.6) is 0 Å². The first-order valence-electron chi connectivity index (χ1n) is 9.93. The molecule has 1 heterocycles. The van der Waals surface area contributed by atoms with E-state index in [1.165, 1.54) is 0 Å². The molecule has 0 spiro atoms. The van der Waals surface area contributed by atoms with E-state index in [0.29, 0.717) is 22.2 Å². The molecule has 6 heteroatoms. The number of halogens is 2. The van der Waals surface area contributed by atoms with Gasteiger partial charge in [-0.15, -0.1) is 0 Å². The van der Waals surface area contributed by atoms with E-state index in [1.807, 2.05) is 32.2 Å². The summed E-state index contributed by atoms with van der Waals surface area (Å²) in [5.41, 5.74) is 1.04. The van der Waals surface area contributed by atoms with E-state index in [2.05, 4.69) is 17.1 Å². The summed E-state index contributed by atoms with van der Waals surface area (Å²) < 4.78 is 5.01. The number of nitrogens with one attached hydrogen (secondary N) is 1. The summed E-state index contributed by atoms with van der Waals surface area (Å²) in [7, 11) is 2.04. The van der Waals surface area contributed by atoms with Gasteiger partial charge in [0.05, 0.1) is 29.3 Å². The van der Waals surface area contributed by atoms with Crippen molar-refractivity contribution in [1.29, 1.82) is 0 Å². The molecular formula is C21H32Cl2N2O2. The van der Waals surface area contributed by atoms with Gasteiger partial charge in [-0.3, -0.25) is 9.69 Å². The van der Waals surface area contributed by atoms with Crippen molar-refractivity contribution < 1.29 is 9.53 Å². The predicted molar refractivity (Wildman–Crippen MR) is 113 cm³/mol. The predicted octanol–water partition coefficient (Wildman–Crippen LogP) is 4.32. The van der Waals surface area contributed by atoms with Crippen LogP contribution in [-0.2, 0) is 14.9 Å². The number of morpholine rings is 1. The van der Waals surface area contributed by atoms with Gasteiger partial charge in [-0.05, 0) is 44.1 Å². The van der Waals surface area contributed by atoms with Crippen molar-refractivity contribution in [3.8, 4) is 0 Å². The van der Waals surface area contributed by atoms with E-state index in [-0.39, 0.29) is 11.5 Å². The number of hydrogen-bond acceptors (Lipinski definition) is 4. The summed E-state index contributed by atoms with van der Waals surface area (Å²) in [5, 5.41) is 4.30. The molecule has 0 radical (unpaired) electrons. The standard InChI is InChI=1S/C17H23Cl2NO.C4H9NO/c1-4-15(21)16(20(3)5-2)17(9-6-10-17)12-7-8-13(18)14(19)11-12;1-3-6-4-2-5-1/h7-8,11,16H,4-6,9-10H2,1-3H3;5H,1-4H2. The molecule has 1 aliphatic carbocycles. The van der Waals surface area contributed by atoms with Crippen LogP contribution >= 0.6 is 23.2 Å². The van der Waals surface area contributed by atoms with Crippen molar-refractivity contribution in [2.45, 2.75) is 51.0 Å². The summed E-state index contributed by atoms with van der Waals surface area (Å²) in [4.78, 5) is 14.8. The lowest BCUT2D eigenvalue weighted by Crippen LogP contribution is -2.57. The monoisotopic (exact) mass is 414 g/mol. The molecule has 1 aromatic rings. The highest BCUT2D eigenvalue weighted by atomic mass is 35.5. The molecule has 152 valence electrons. The highest BCUT2D eigenvalue weighted by Gasteiger charge is 2.49. The number of carbonyl (C=O) groups is 1. The summed E-state index contributed by atoms with van der Waals surface area (Å²) in [6.45, 7) is 8.73. The molecular weight excluding hydrogens is 383 g/mol. The average Bonchev–Trinajstić information content (AvgIpc) is 2.67. The van der Waals surface area contributed by atoms with Crippen LogP contribution in [0.2, 0.25) is 10.0 Å². The van der Waals surface area contributed by atoms with Crippen LogP contribution in [0.15, 0.2) is 18.2 Å². The maximum absolute atomic E-state index is 12.6. The molecule has 4 nitrogen and oxygen atoms in total. The molecule has 0 aromatic heterocycles. The van der Waals surface area contributed by atoms with Crippen LogP contribution in [0, 0.1) is 0 Å². The molecule has 2 fully saturated rings. The molecule has 1 N–H and O–H groups in total. The minimum Gasteiger partial charge on any atom is -0.379 e. The molecule has 0 bridgehead atoms. The van der Waals surface area contributed by atoms with Crippen LogP contribution in [0.1, 0.15) is 45.1 Å². The molecule has 1 saturated heterocycles. The molecule has 1 unspecified atom stereocenters. The smallest absolute Gasteiger partial charge is 0.150 e. The Morgan fingerprint density at radius 1 is 1.22 bits per heavy atom. The highest BCUT2D eigenvalue weighted by Crippen LogP contribution is 2.49. The largest absolute Gasteiger partial charge is 0.379 e. The zero-order valence-electron chi connectivity index (χ0n) is 16.7. The minimum absolute atomic E-state index is 0.0708. The van der Waals surface area contributed by atoms with Gasteiger partial charge in [0, 0.05) is 24.9 Å². The van der Waals surface area contributed by atoms with Crippen molar-refractivity contribution in [3.05, 3.63) is 33.8 Å². The van der Waals surface area contributed by atoms with Crippen molar-refractivity contribution in [1.82, 2.24) is 10.2 Å². The van der Waals surface area contributed by atoms with Gasteiger partial charge >= 0.3 is 0 Å². The lowest BCUT2D eigenvalue weighted by atomic mass is 9.58. The topological polar surface area (TPSA) is 41.6 Å². The number of benzene rings is 1. The Hall–Kier alpha value is -0.650. The third kappa shape index (κ3) is 5.45. The Kier molecular flexibility index (Phi) is 9.03. The van der Waals surface area contributed by atoms with Crippen LogP contribution in [0.25, 0.3) is 0 Å². The maximum Gasteiger partial charge on any atom is 0.150 e. The fourth-order valence-electron chi connectivity index (χ4n) is 3.95. The Morgan fingerprint density at radius 2 is 1.89 bits per heavy atom. The Morgan fingerprint density at radius 3 is 2.26 bits per heavy atom. The minimum atomic E-state index is -0.105. The summed E-state index contributed by atoms with van der Waals surface area (Å²) in [6.07, 6.45) is 3.79.